The molecule has 2 N–H and O–H groups in total. The molecule has 0 bridgehead atoms. The van der Waals surface area contributed by atoms with E-state index < -0.39 is 35.2 Å². The molecule has 0 spiro atoms. The first-order valence-corrected chi connectivity index (χ1v) is 10.1. The molecule has 0 aliphatic rings. The van der Waals surface area contributed by atoms with Crippen LogP contribution in [0.1, 0.15) is 27.3 Å². The van der Waals surface area contributed by atoms with Gasteiger partial charge in [0.25, 0.3) is 5.56 Å². The van der Waals surface area contributed by atoms with Gasteiger partial charge in [-0.3, -0.25) is 18.7 Å². The fourth-order valence-corrected chi connectivity index (χ4v) is 3.37. The SMILES string of the molecule is Cc1nn(-c2ccccc2)c(C)c1C=C(C#N)C(=O)OCC(=O)c1c(N)n(C)c(=O)n(C)c1=O. The molecule has 3 rings (SSSR count). The second-order valence-corrected chi connectivity index (χ2v) is 7.47. The predicted octanol–water partition coefficient (Wildman–Crippen LogP) is 0.802. The smallest absolute Gasteiger partial charge is 0.349 e. The fourth-order valence-electron chi connectivity index (χ4n) is 3.37. The second kappa shape index (κ2) is 9.41. The largest absolute Gasteiger partial charge is 0.453 e. The van der Waals surface area contributed by atoms with Crippen molar-refractivity contribution in [1.29, 1.82) is 5.26 Å². The van der Waals surface area contributed by atoms with Crippen molar-refractivity contribution in [3.63, 3.8) is 0 Å². The Morgan fingerprint density at radius 3 is 2.41 bits per heavy atom. The van der Waals surface area contributed by atoms with Gasteiger partial charge in [0, 0.05) is 25.4 Å². The maximum atomic E-state index is 12.5. The number of aromatic nitrogens is 4. The molecule has 0 unspecified atom stereocenters. The molecule has 0 saturated carbocycles. The maximum absolute atomic E-state index is 12.5. The number of para-hydroxylation sites is 1. The van der Waals surface area contributed by atoms with Gasteiger partial charge >= 0.3 is 11.7 Å². The summed E-state index contributed by atoms with van der Waals surface area (Å²) in [5, 5.41) is 14.0. The van der Waals surface area contributed by atoms with Gasteiger partial charge in [-0.05, 0) is 32.1 Å². The van der Waals surface area contributed by atoms with Gasteiger partial charge in [0.15, 0.2) is 6.61 Å². The Labute approximate surface area is 193 Å². The highest BCUT2D eigenvalue weighted by Crippen LogP contribution is 2.21. The minimum atomic E-state index is -1.05. The Kier molecular flexibility index (Phi) is 6.63. The summed E-state index contributed by atoms with van der Waals surface area (Å²) >= 11 is 0. The maximum Gasteiger partial charge on any atom is 0.349 e. The van der Waals surface area contributed by atoms with E-state index in [0.29, 0.717) is 17.0 Å². The zero-order chi connectivity index (χ0) is 25.2. The highest BCUT2D eigenvalue weighted by Gasteiger charge is 2.23. The molecular weight excluding hydrogens is 440 g/mol. The molecule has 0 aliphatic carbocycles. The second-order valence-electron chi connectivity index (χ2n) is 7.47. The standard InChI is InChI=1S/C23H22N6O5/c1-13-17(14(2)29(26-13)16-8-6-5-7-9-16)10-15(11-24)22(32)34-12-18(30)19-20(25)27(3)23(33)28(4)21(19)31/h5-10H,12,25H2,1-4H3. The van der Waals surface area contributed by atoms with Crippen molar-refractivity contribution in [3.8, 4) is 11.8 Å². The van der Waals surface area contributed by atoms with Gasteiger partial charge in [-0.15, -0.1) is 0 Å². The number of benzene rings is 1. The zero-order valence-electron chi connectivity index (χ0n) is 19.0. The summed E-state index contributed by atoms with van der Waals surface area (Å²) < 4.78 is 8.32. The molecule has 34 heavy (non-hydrogen) atoms. The van der Waals surface area contributed by atoms with Crippen LogP contribution in [0.3, 0.4) is 0 Å². The van der Waals surface area contributed by atoms with Gasteiger partial charge in [0.1, 0.15) is 23.0 Å². The van der Waals surface area contributed by atoms with E-state index in [4.69, 9.17) is 10.5 Å². The number of nitrogen functional groups attached to an aromatic ring is 1. The monoisotopic (exact) mass is 462 g/mol. The zero-order valence-corrected chi connectivity index (χ0v) is 19.0. The van der Waals surface area contributed by atoms with Crippen molar-refractivity contribution in [2.45, 2.75) is 13.8 Å². The molecule has 0 saturated heterocycles. The van der Waals surface area contributed by atoms with Crippen molar-refractivity contribution in [2.75, 3.05) is 12.3 Å². The number of ether oxygens (including phenoxy) is 1. The van der Waals surface area contributed by atoms with Gasteiger partial charge in [0.2, 0.25) is 5.78 Å². The van der Waals surface area contributed by atoms with Crippen molar-refractivity contribution >= 4 is 23.6 Å². The molecule has 0 radical (unpaired) electrons. The number of nitrogens with two attached hydrogens (primary N) is 1. The van der Waals surface area contributed by atoms with Crippen molar-refractivity contribution in [2.24, 2.45) is 14.1 Å². The highest BCUT2D eigenvalue weighted by atomic mass is 16.5. The summed E-state index contributed by atoms with van der Waals surface area (Å²) in [7, 11) is 2.50. The molecule has 2 heterocycles. The Morgan fingerprint density at radius 1 is 1.15 bits per heavy atom. The minimum absolute atomic E-state index is 0.343. The third-order valence-corrected chi connectivity index (χ3v) is 5.30. The first kappa shape index (κ1) is 23.9. The topological polar surface area (TPSA) is 155 Å². The first-order chi connectivity index (χ1) is 16.1. The predicted molar refractivity (Wildman–Crippen MR) is 123 cm³/mol. The summed E-state index contributed by atoms with van der Waals surface area (Å²) in [4.78, 5) is 49.3. The number of Topliss-reactive ketones (excluding diaryl/α,β-unsaturated/α-hetero) is 1. The molecule has 174 valence electrons. The number of carbonyl (C=O) groups excluding carboxylic acids is 2. The molecule has 0 amide bonds. The van der Waals surface area contributed by atoms with Crippen molar-refractivity contribution < 1.29 is 14.3 Å². The molecule has 0 aliphatic heterocycles. The average molecular weight is 462 g/mol. The third kappa shape index (κ3) is 4.29. The van der Waals surface area contributed by atoms with E-state index >= 15 is 0 Å². The van der Waals surface area contributed by atoms with Crippen LogP contribution >= 0.6 is 0 Å². The summed E-state index contributed by atoms with van der Waals surface area (Å²) in [6, 6.07) is 11.1. The van der Waals surface area contributed by atoms with Crippen LogP contribution in [0.15, 0.2) is 45.5 Å². The minimum Gasteiger partial charge on any atom is -0.453 e. The lowest BCUT2D eigenvalue weighted by Crippen LogP contribution is -2.42. The summed E-state index contributed by atoms with van der Waals surface area (Å²) in [6.07, 6.45) is 1.34. The van der Waals surface area contributed by atoms with Crippen LogP contribution in [-0.2, 0) is 23.6 Å². The van der Waals surface area contributed by atoms with Gasteiger partial charge in [0.05, 0.1) is 11.4 Å². The van der Waals surface area contributed by atoms with Crippen molar-refractivity contribution in [3.05, 3.63) is 79.3 Å². The van der Waals surface area contributed by atoms with Gasteiger partial charge in [-0.25, -0.2) is 14.3 Å². The Bertz CT molecular complexity index is 1490. The lowest BCUT2D eigenvalue weighted by molar-refractivity contribution is -0.137. The molecule has 1 aromatic carbocycles. The molecule has 0 fully saturated rings. The number of anilines is 1. The van der Waals surface area contributed by atoms with E-state index in [9.17, 15) is 24.4 Å². The number of aryl methyl sites for hydroxylation is 1. The summed E-state index contributed by atoms with van der Waals surface area (Å²) in [5.74, 6) is -2.30. The third-order valence-electron chi connectivity index (χ3n) is 5.30. The number of nitrogens with zero attached hydrogens (tertiary/aromatic N) is 5. The molecule has 2 aromatic heterocycles. The Balaban J connectivity index is 1.86. The Morgan fingerprint density at radius 2 is 1.79 bits per heavy atom. The normalized spacial score (nSPS) is 11.2. The number of nitriles is 1. The van der Waals surface area contributed by atoms with E-state index in [0.717, 1.165) is 14.8 Å². The molecule has 3 aromatic rings. The number of carbonyl (C=O) groups is 2. The highest BCUT2D eigenvalue weighted by molar-refractivity contribution is 6.03. The van der Waals surface area contributed by atoms with Crippen LogP contribution in [-0.4, -0.2) is 37.3 Å². The van der Waals surface area contributed by atoms with Crippen LogP contribution in [0.2, 0.25) is 0 Å². The number of rotatable bonds is 6. The van der Waals surface area contributed by atoms with Crippen LogP contribution in [0.5, 0.6) is 0 Å². The molecule has 11 nitrogen and oxygen atoms in total. The Hall–Kier alpha value is -4.72. The number of hydrogen-bond donors (Lipinski definition) is 1. The van der Waals surface area contributed by atoms with Crippen LogP contribution in [0, 0.1) is 25.2 Å². The van der Waals surface area contributed by atoms with E-state index in [1.54, 1.807) is 24.6 Å². The van der Waals surface area contributed by atoms with Crippen molar-refractivity contribution in [1.82, 2.24) is 18.9 Å². The lowest BCUT2D eigenvalue weighted by atomic mass is 10.1. The average Bonchev–Trinajstić information content (AvgIpc) is 3.11. The van der Waals surface area contributed by atoms with E-state index in [1.807, 2.05) is 30.3 Å². The van der Waals surface area contributed by atoms with Gasteiger partial charge < -0.3 is 10.5 Å². The molecule has 11 heteroatoms. The first-order valence-electron chi connectivity index (χ1n) is 10.1. The lowest BCUT2D eigenvalue weighted by Gasteiger charge is -2.10. The fraction of sp³-hybridized carbons (Fsp3) is 0.217. The van der Waals surface area contributed by atoms with Crippen LogP contribution in [0.25, 0.3) is 11.8 Å². The van der Waals surface area contributed by atoms with Crippen LogP contribution < -0.4 is 17.0 Å². The van der Waals surface area contributed by atoms with E-state index in [2.05, 4.69) is 5.10 Å². The molecule has 0 atom stereocenters. The number of ketones is 1. The van der Waals surface area contributed by atoms with E-state index in [-0.39, 0.29) is 11.4 Å². The van der Waals surface area contributed by atoms with Gasteiger partial charge in [-0.2, -0.15) is 10.4 Å². The molecular formula is C23H22N6O5. The summed E-state index contributed by atoms with van der Waals surface area (Å²) in [6.45, 7) is 2.69. The number of hydrogen-bond acceptors (Lipinski definition) is 8. The quantitative estimate of drug-likeness (QED) is 0.244. The van der Waals surface area contributed by atoms with Crippen LogP contribution in [0.4, 0.5) is 5.82 Å². The van der Waals surface area contributed by atoms with Gasteiger partial charge in [-0.1, -0.05) is 18.2 Å². The number of esters is 1. The van der Waals surface area contributed by atoms with E-state index in [1.165, 1.54) is 20.2 Å². The summed E-state index contributed by atoms with van der Waals surface area (Å²) in [5.41, 5.74) is 5.96.